The van der Waals surface area contributed by atoms with Crippen LogP contribution in [-0.4, -0.2) is 0 Å². The molecule has 0 radical (unpaired) electrons. The number of nitrogen functional groups attached to an aromatic ring is 1. The number of rotatable bonds is 4. The first-order valence-electron chi connectivity index (χ1n) is 13.2. The second-order valence-electron chi connectivity index (χ2n) is 9.94. The fourth-order valence-corrected chi connectivity index (χ4v) is 8.06. The van der Waals surface area contributed by atoms with Crippen LogP contribution in [0.15, 0.2) is 136 Å². The summed E-state index contributed by atoms with van der Waals surface area (Å²) in [5.41, 5.74) is 15.1. The summed E-state index contributed by atoms with van der Waals surface area (Å²) in [6.45, 7) is 0. The SMILES string of the molecule is Nc1cc(-c2ccccc2)c2c(c1)oc1cc([I-]c3cc(-c4ccccc4)c4oc5ccccc5c4c3)ccc12. The van der Waals surface area contributed by atoms with Crippen LogP contribution in [0.4, 0.5) is 5.69 Å². The third-order valence-electron chi connectivity index (χ3n) is 7.39. The average molecular weight is 628 g/mol. The van der Waals surface area contributed by atoms with E-state index in [9.17, 15) is 0 Å². The summed E-state index contributed by atoms with van der Waals surface area (Å²) in [5, 5.41) is 4.54. The Labute approximate surface area is 241 Å². The molecule has 4 heteroatoms. The summed E-state index contributed by atoms with van der Waals surface area (Å²) in [6, 6.07) is 44.5. The first-order chi connectivity index (χ1) is 19.7. The van der Waals surface area contributed by atoms with Crippen LogP contribution >= 0.6 is 0 Å². The number of benzene rings is 6. The number of nitrogens with two attached hydrogens (primary N) is 1. The van der Waals surface area contributed by atoms with Crippen molar-refractivity contribution in [2.45, 2.75) is 0 Å². The number of halogens is 1. The molecule has 0 aliphatic rings. The molecule has 0 saturated carbocycles. The van der Waals surface area contributed by atoms with E-state index in [4.69, 9.17) is 14.6 Å². The average Bonchev–Trinajstić information content (AvgIpc) is 3.55. The van der Waals surface area contributed by atoms with Crippen LogP contribution in [0.2, 0.25) is 0 Å². The molecule has 2 N–H and O–H groups in total. The second kappa shape index (κ2) is 9.28. The van der Waals surface area contributed by atoms with Crippen LogP contribution in [0, 0.1) is 7.14 Å². The summed E-state index contributed by atoms with van der Waals surface area (Å²) < 4.78 is 15.4. The van der Waals surface area contributed by atoms with E-state index in [0.29, 0.717) is 5.69 Å². The molecule has 0 saturated heterocycles. The van der Waals surface area contributed by atoms with Crippen molar-refractivity contribution in [1.29, 1.82) is 0 Å². The van der Waals surface area contributed by atoms with Gasteiger partial charge in [0.15, 0.2) is 0 Å². The van der Waals surface area contributed by atoms with Gasteiger partial charge in [0.2, 0.25) is 0 Å². The summed E-state index contributed by atoms with van der Waals surface area (Å²) in [6.07, 6.45) is 0. The molecule has 40 heavy (non-hydrogen) atoms. The molecule has 2 aromatic heterocycles. The fraction of sp³-hybridized carbons (Fsp3) is 0. The molecule has 0 fully saturated rings. The van der Waals surface area contributed by atoms with E-state index in [0.717, 1.165) is 60.7 Å². The second-order valence-corrected chi connectivity index (χ2v) is 13.0. The van der Waals surface area contributed by atoms with Gasteiger partial charge in [0.05, 0.1) is 0 Å². The summed E-state index contributed by atoms with van der Waals surface area (Å²) in [4.78, 5) is 0. The predicted octanol–water partition coefficient (Wildman–Crippen LogP) is 6.53. The van der Waals surface area contributed by atoms with Crippen molar-refractivity contribution < 1.29 is 30.0 Å². The van der Waals surface area contributed by atoms with Gasteiger partial charge in [-0.2, -0.15) is 0 Å². The van der Waals surface area contributed by atoms with E-state index in [1.54, 1.807) is 0 Å². The van der Waals surface area contributed by atoms with Crippen molar-refractivity contribution in [3.05, 3.63) is 135 Å². The van der Waals surface area contributed by atoms with E-state index in [-0.39, 0.29) is 0 Å². The monoisotopic (exact) mass is 628 g/mol. The van der Waals surface area contributed by atoms with Crippen LogP contribution in [0.25, 0.3) is 66.1 Å². The quantitative estimate of drug-likeness (QED) is 0.178. The third-order valence-corrected chi connectivity index (χ3v) is 9.93. The Balaban J connectivity index is 1.27. The van der Waals surface area contributed by atoms with Crippen LogP contribution < -0.4 is 26.9 Å². The number of anilines is 1. The summed E-state index contributed by atoms with van der Waals surface area (Å²) in [7, 11) is 0. The van der Waals surface area contributed by atoms with Gasteiger partial charge in [0.25, 0.3) is 0 Å². The summed E-state index contributed by atoms with van der Waals surface area (Å²) >= 11 is -0.482. The Morgan fingerprint density at radius 1 is 0.475 bits per heavy atom. The molecular formula is C36H23INO2-. The van der Waals surface area contributed by atoms with Crippen LogP contribution in [0.5, 0.6) is 0 Å². The number of fused-ring (bicyclic) bond motifs is 6. The van der Waals surface area contributed by atoms with Gasteiger partial charge in [-0.25, -0.2) is 0 Å². The van der Waals surface area contributed by atoms with Crippen molar-refractivity contribution in [3.63, 3.8) is 0 Å². The van der Waals surface area contributed by atoms with Gasteiger partial charge >= 0.3 is 242 Å². The number of furan rings is 2. The van der Waals surface area contributed by atoms with Gasteiger partial charge in [-0.15, -0.1) is 0 Å². The van der Waals surface area contributed by atoms with Gasteiger partial charge in [0, 0.05) is 0 Å². The topological polar surface area (TPSA) is 52.3 Å². The predicted molar refractivity (Wildman–Crippen MR) is 160 cm³/mol. The normalized spacial score (nSPS) is 11.8. The zero-order chi connectivity index (χ0) is 26.6. The zero-order valence-electron chi connectivity index (χ0n) is 21.4. The molecule has 192 valence electrons. The van der Waals surface area contributed by atoms with Gasteiger partial charge < -0.3 is 0 Å². The minimum absolute atomic E-state index is 0.482. The van der Waals surface area contributed by atoms with Crippen LogP contribution in [-0.2, 0) is 0 Å². The molecular weight excluding hydrogens is 605 g/mol. The van der Waals surface area contributed by atoms with Crippen molar-refractivity contribution in [1.82, 2.24) is 0 Å². The number of para-hydroxylation sites is 1. The maximum atomic E-state index is 6.40. The minimum atomic E-state index is -0.482. The Bertz CT molecular complexity index is 2190. The Morgan fingerprint density at radius 3 is 2.00 bits per heavy atom. The van der Waals surface area contributed by atoms with E-state index >= 15 is 0 Å². The van der Waals surface area contributed by atoms with Gasteiger partial charge in [-0.1, -0.05) is 0 Å². The standard InChI is InChI=1S/C36H23INO2/c38-26-20-29(22-9-3-1-4-10-22)35-28-16-15-24(19-33(28)39-34(35)21-26)37-25-17-30(23-11-5-2-6-12-23)36-31(18-25)27-13-7-8-14-32(27)40-36/h1-21H,38H2/q-1. The molecule has 0 aliphatic carbocycles. The van der Waals surface area contributed by atoms with Crippen molar-refractivity contribution in [3.8, 4) is 22.3 Å². The van der Waals surface area contributed by atoms with Crippen molar-refractivity contribution in [2.24, 2.45) is 0 Å². The van der Waals surface area contributed by atoms with Crippen LogP contribution in [0.3, 0.4) is 0 Å². The maximum absolute atomic E-state index is 6.40. The zero-order valence-corrected chi connectivity index (χ0v) is 23.6. The first-order valence-corrected chi connectivity index (χ1v) is 15.3. The molecule has 2 heterocycles. The fourth-order valence-electron chi connectivity index (χ4n) is 5.61. The number of hydrogen-bond donors (Lipinski definition) is 1. The van der Waals surface area contributed by atoms with Gasteiger partial charge in [-0.05, 0) is 0 Å². The Hall–Kier alpha value is -4.55. The molecule has 0 bridgehead atoms. The van der Waals surface area contributed by atoms with E-state index in [1.807, 2.05) is 30.3 Å². The van der Waals surface area contributed by atoms with Crippen LogP contribution in [0.1, 0.15) is 0 Å². The number of hydrogen-bond acceptors (Lipinski definition) is 3. The van der Waals surface area contributed by atoms with Crippen molar-refractivity contribution in [2.75, 3.05) is 5.73 Å². The molecule has 8 rings (SSSR count). The molecule has 3 nitrogen and oxygen atoms in total. The van der Waals surface area contributed by atoms with E-state index < -0.39 is 21.2 Å². The Kier molecular flexibility index (Phi) is 5.42. The molecule has 0 aliphatic heterocycles. The van der Waals surface area contributed by atoms with E-state index in [2.05, 4.69) is 97.1 Å². The molecule has 0 amide bonds. The first kappa shape index (κ1) is 23.3. The Morgan fingerprint density at radius 2 is 1.20 bits per heavy atom. The molecule has 0 atom stereocenters. The van der Waals surface area contributed by atoms with E-state index in [1.165, 1.54) is 12.5 Å². The molecule has 0 spiro atoms. The molecule has 0 unspecified atom stereocenters. The molecule has 8 aromatic rings. The van der Waals surface area contributed by atoms with Crippen molar-refractivity contribution >= 4 is 49.6 Å². The third kappa shape index (κ3) is 3.87. The van der Waals surface area contributed by atoms with Gasteiger partial charge in [0.1, 0.15) is 0 Å². The molecule has 6 aromatic carbocycles. The van der Waals surface area contributed by atoms with Gasteiger partial charge in [-0.3, -0.25) is 0 Å². The summed E-state index contributed by atoms with van der Waals surface area (Å²) in [5.74, 6) is 0.